The zero-order valence-corrected chi connectivity index (χ0v) is 16.4. The van der Waals surface area contributed by atoms with Crippen LogP contribution in [0.3, 0.4) is 0 Å². The zero-order chi connectivity index (χ0) is 18.7. The summed E-state index contributed by atoms with van der Waals surface area (Å²) in [4.78, 5) is 36.1. The number of carbonyl (C=O) groups is 3. The highest BCUT2D eigenvalue weighted by Crippen LogP contribution is 2.32. The number of rotatable bonds is 4. The number of Topliss-reactive ketones (excluding diaryl/α,β-unsaturated/α-hetero) is 1. The Bertz CT molecular complexity index is 650. The molecule has 0 aliphatic heterocycles. The second-order valence-corrected chi connectivity index (χ2v) is 8.06. The van der Waals surface area contributed by atoms with E-state index in [0.717, 1.165) is 0 Å². The van der Waals surface area contributed by atoms with Gasteiger partial charge in [-0.2, -0.15) is 0 Å². The van der Waals surface area contributed by atoms with E-state index in [9.17, 15) is 14.4 Å². The Morgan fingerprint density at radius 1 is 0.875 bits per heavy atom. The van der Waals surface area contributed by atoms with Crippen LogP contribution in [0.25, 0.3) is 0 Å². The molecule has 1 aromatic rings. The number of benzene rings is 1. The van der Waals surface area contributed by atoms with Crippen LogP contribution < -0.4 is 9.47 Å². The molecule has 5 nitrogen and oxygen atoms in total. The van der Waals surface area contributed by atoms with E-state index in [0.29, 0.717) is 5.56 Å². The number of ether oxygens (including phenoxy) is 2. The van der Waals surface area contributed by atoms with Gasteiger partial charge in [0, 0.05) is 5.56 Å². The third-order valence-corrected chi connectivity index (χ3v) is 3.53. The van der Waals surface area contributed by atoms with Crippen molar-refractivity contribution < 1.29 is 23.9 Å². The summed E-state index contributed by atoms with van der Waals surface area (Å²) in [6.45, 7) is 10.3. The highest BCUT2D eigenvalue weighted by atomic mass is 79.9. The highest BCUT2D eigenvalue weighted by Gasteiger charge is 2.28. The van der Waals surface area contributed by atoms with Gasteiger partial charge in [0.05, 0.1) is 16.2 Å². The second kappa shape index (κ2) is 7.47. The first kappa shape index (κ1) is 20.4. The molecule has 1 rings (SSSR count). The normalized spacial score (nSPS) is 11.8. The van der Waals surface area contributed by atoms with Crippen LogP contribution in [0, 0.1) is 10.8 Å². The van der Waals surface area contributed by atoms with Gasteiger partial charge in [0.1, 0.15) is 0 Å². The van der Waals surface area contributed by atoms with Crippen molar-refractivity contribution in [1.82, 2.24) is 0 Å². The van der Waals surface area contributed by atoms with E-state index in [4.69, 9.17) is 9.47 Å². The number of hydrogen-bond donors (Lipinski definition) is 0. The van der Waals surface area contributed by atoms with E-state index in [1.807, 2.05) is 0 Å². The van der Waals surface area contributed by atoms with Crippen molar-refractivity contribution >= 4 is 33.7 Å². The maximum Gasteiger partial charge on any atom is 0.316 e. The van der Waals surface area contributed by atoms with Crippen LogP contribution in [0.1, 0.15) is 51.9 Å². The van der Waals surface area contributed by atoms with E-state index in [2.05, 4.69) is 15.9 Å². The van der Waals surface area contributed by atoms with Gasteiger partial charge in [0.15, 0.2) is 17.3 Å². The van der Waals surface area contributed by atoms with Crippen LogP contribution in [-0.4, -0.2) is 23.1 Å². The number of hydrogen-bond acceptors (Lipinski definition) is 5. The van der Waals surface area contributed by atoms with Gasteiger partial charge in [-0.25, -0.2) is 0 Å². The molecule has 0 fully saturated rings. The van der Waals surface area contributed by atoms with Crippen molar-refractivity contribution in [2.75, 3.05) is 5.33 Å². The Labute approximate surface area is 150 Å². The van der Waals surface area contributed by atoms with Gasteiger partial charge in [-0.3, -0.25) is 14.4 Å². The summed E-state index contributed by atoms with van der Waals surface area (Å²) >= 11 is 3.10. The lowest BCUT2D eigenvalue weighted by Crippen LogP contribution is -2.28. The number of carbonyl (C=O) groups excluding carboxylic acids is 3. The van der Waals surface area contributed by atoms with Gasteiger partial charge in [-0.15, -0.1) is 0 Å². The van der Waals surface area contributed by atoms with Gasteiger partial charge in [-0.05, 0) is 59.7 Å². The molecule has 6 heteroatoms. The first-order valence-electron chi connectivity index (χ1n) is 7.54. The van der Waals surface area contributed by atoms with E-state index in [1.165, 1.54) is 18.2 Å². The van der Waals surface area contributed by atoms with Crippen LogP contribution in [0.15, 0.2) is 18.2 Å². The second-order valence-electron chi connectivity index (χ2n) is 7.50. The standard InChI is InChI=1S/C18H23BrO5/c1-17(2,3)15(21)23-13-8-7-11(12(20)10-19)9-14(13)24-16(22)18(4,5)6/h7-9H,10H2,1-6H3. The Balaban J connectivity index is 3.25. The van der Waals surface area contributed by atoms with Gasteiger partial charge >= 0.3 is 11.9 Å². The maximum atomic E-state index is 12.2. The van der Waals surface area contributed by atoms with Crippen molar-refractivity contribution in [2.24, 2.45) is 10.8 Å². The Hall–Kier alpha value is -1.69. The van der Waals surface area contributed by atoms with Crippen LogP contribution in [0.5, 0.6) is 11.5 Å². The topological polar surface area (TPSA) is 69.7 Å². The van der Waals surface area contributed by atoms with E-state index < -0.39 is 22.8 Å². The molecule has 0 amide bonds. The quantitative estimate of drug-likeness (QED) is 0.329. The van der Waals surface area contributed by atoms with Crippen molar-refractivity contribution in [1.29, 1.82) is 0 Å². The number of ketones is 1. The SMILES string of the molecule is CC(C)(C)C(=O)Oc1ccc(C(=O)CBr)cc1OC(=O)C(C)(C)C. The van der Waals surface area contributed by atoms with E-state index in [1.54, 1.807) is 41.5 Å². The largest absolute Gasteiger partial charge is 0.422 e. The average Bonchev–Trinajstić information content (AvgIpc) is 2.45. The Morgan fingerprint density at radius 2 is 1.33 bits per heavy atom. The molecule has 0 unspecified atom stereocenters. The molecule has 132 valence electrons. The molecule has 0 atom stereocenters. The van der Waals surface area contributed by atoms with Gasteiger partial charge in [0.25, 0.3) is 0 Å². The molecule has 0 aromatic heterocycles. The number of halogens is 1. The fourth-order valence-corrected chi connectivity index (χ4v) is 1.75. The first-order valence-corrected chi connectivity index (χ1v) is 8.66. The fourth-order valence-electron chi connectivity index (χ4n) is 1.43. The zero-order valence-electron chi connectivity index (χ0n) is 14.9. The van der Waals surface area contributed by atoms with Crippen molar-refractivity contribution in [3.8, 4) is 11.5 Å². The lowest BCUT2D eigenvalue weighted by molar-refractivity contribution is -0.145. The molecule has 1 aromatic carbocycles. The third kappa shape index (κ3) is 5.44. The summed E-state index contributed by atoms with van der Waals surface area (Å²) in [7, 11) is 0. The molecule has 0 aliphatic carbocycles. The number of esters is 2. The summed E-state index contributed by atoms with van der Waals surface area (Å²) in [5.41, 5.74) is -1.09. The van der Waals surface area contributed by atoms with Gasteiger partial charge in [-0.1, -0.05) is 15.9 Å². The molecule has 0 saturated heterocycles. The van der Waals surface area contributed by atoms with E-state index in [-0.39, 0.29) is 22.6 Å². The molecule has 0 radical (unpaired) electrons. The Morgan fingerprint density at radius 3 is 1.75 bits per heavy atom. The lowest BCUT2D eigenvalue weighted by Gasteiger charge is -2.20. The summed E-state index contributed by atoms with van der Waals surface area (Å²) in [5, 5.41) is 0.140. The van der Waals surface area contributed by atoms with Crippen molar-refractivity contribution in [2.45, 2.75) is 41.5 Å². The minimum atomic E-state index is -0.735. The van der Waals surface area contributed by atoms with Crippen LogP contribution in [-0.2, 0) is 9.59 Å². The van der Waals surface area contributed by atoms with Gasteiger partial charge < -0.3 is 9.47 Å². The van der Waals surface area contributed by atoms with Crippen LogP contribution >= 0.6 is 15.9 Å². The average molecular weight is 399 g/mol. The maximum absolute atomic E-state index is 12.2. The smallest absolute Gasteiger partial charge is 0.316 e. The molecule has 24 heavy (non-hydrogen) atoms. The predicted octanol–water partition coefficient (Wildman–Crippen LogP) is 4.17. The van der Waals surface area contributed by atoms with Crippen molar-refractivity contribution in [3.63, 3.8) is 0 Å². The van der Waals surface area contributed by atoms with Crippen molar-refractivity contribution in [3.05, 3.63) is 23.8 Å². The minimum Gasteiger partial charge on any atom is -0.422 e. The summed E-state index contributed by atoms with van der Waals surface area (Å²) in [5.74, 6) is -0.955. The summed E-state index contributed by atoms with van der Waals surface area (Å²) in [6.07, 6.45) is 0. The van der Waals surface area contributed by atoms with E-state index >= 15 is 0 Å². The van der Waals surface area contributed by atoms with Crippen LogP contribution in [0.2, 0.25) is 0 Å². The fraction of sp³-hybridized carbons (Fsp3) is 0.500. The molecule has 0 aliphatic rings. The number of alkyl halides is 1. The molecule has 0 bridgehead atoms. The summed E-state index contributed by atoms with van der Waals surface area (Å²) < 4.78 is 10.7. The third-order valence-electron chi connectivity index (χ3n) is 3.02. The Kier molecular flexibility index (Phi) is 6.33. The highest BCUT2D eigenvalue weighted by molar-refractivity contribution is 9.09. The molecule has 0 heterocycles. The monoisotopic (exact) mass is 398 g/mol. The minimum absolute atomic E-state index is 0.0549. The molecular formula is C18H23BrO5. The molecular weight excluding hydrogens is 376 g/mol. The summed E-state index contributed by atoms with van der Waals surface area (Å²) in [6, 6.07) is 4.41. The van der Waals surface area contributed by atoms with Crippen LogP contribution in [0.4, 0.5) is 0 Å². The molecule has 0 spiro atoms. The lowest BCUT2D eigenvalue weighted by atomic mass is 9.97. The molecule has 0 saturated carbocycles. The predicted molar refractivity (Wildman–Crippen MR) is 94.7 cm³/mol. The van der Waals surface area contributed by atoms with Gasteiger partial charge in [0.2, 0.25) is 0 Å². The molecule has 0 N–H and O–H groups in total. The first-order chi connectivity index (χ1) is 10.9.